The highest BCUT2D eigenvalue weighted by atomic mass is 15.1. The summed E-state index contributed by atoms with van der Waals surface area (Å²) in [5, 5.41) is 0. The largest absolute Gasteiger partial charge is 0.310 e. The van der Waals surface area contributed by atoms with Crippen LogP contribution >= 0.6 is 0 Å². The summed E-state index contributed by atoms with van der Waals surface area (Å²) in [4.78, 5) is 4.89. The molecule has 6 aromatic rings. The summed E-state index contributed by atoms with van der Waals surface area (Å²) in [6, 6.07) is 51.2. The van der Waals surface area contributed by atoms with Crippen molar-refractivity contribution in [3.8, 4) is 11.1 Å². The van der Waals surface area contributed by atoms with Crippen molar-refractivity contribution < 1.29 is 0 Å². The molecule has 0 radical (unpaired) electrons. The van der Waals surface area contributed by atoms with Gasteiger partial charge >= 0.3 is 0 Å². The van der Waals surface area contributed by atoms with Crippen molar-refractivity contribution in [2.75, 3.05) is 9.80 Å². The van der Waals surface area contributed by atoms with Gasteiger partial charge in [-0.05, 0) is 183 Å². The van der Waals surface area contributed by atoms with E-state index in [0.29, 0.717) is 0 Å². The maximum absolute atomic E-state index is 2.44. The molecule has 0 bridgehead atoms. The van der Waals surface area contributed by atoms with Crippen LogP contribution in [-0.2, 0) is 25.7 Å². The summed E-state index contributed by atoms with van der Waals surface area (Å²) in [5.74, 6) is 0. The van der Waals surface area contributed by atoms with Crippen LogP contribution in [0.1, 0.15) is 138 Å². The smallest absolute Gasteiger partial charge is 0.0491 e. The molecule has 0 amide bonds. The van der Waals surface area contributed by atoms with E-state index in [1.165, 1.54) is 156 Å². The van der Waals surface area contributed by atoms with Crippen LogP contribution in [0, 0.1) is 13.8 Å². The average molecular weight is 797 g/mol. The number of unbranched alkanes of at least 4 members (excludes halogenated alkanes) is 8. The third kappa shape index (κ3) is 12.0. The maximum atomic E-state index is 2.44. The van der Waals surface area contributed by atoms with E-state index < -0.39 is 0 Å². The van der Waals surface area contributed by atoms with Crippen LogP contribution in [0.5, 0.6) is 0 Å². The number of anilines is 6. The lowest BCUT2D eigenvalue weighted by atomic mass is 9.98. The molecule has 0 aliphatic carbocycles. The second kappa shape index (κ2) is 23.1. The fourth-order valence-corrected chi connectivity index (χ4v) is 8.55. The first kappa shape index (κ1) is 44.5. The lowest BCUT2D eigenvalue weighted by Gasteiger charge is -2.28. The fourth-order valence-electron chi connectivity index (χ4n) is 8.55. The van der Waals surface area contributed by atoms with Crippen molar-refractivity contribution in [1.82, 2.24) is 0 Å². The van der Waals surface area contributed by atoms with Crippen molar-refractivity contribution in [2.24, 2.45) is 0 Å². The number of benzene rings is 6. The average Bonchev–Trinajstić information content (AvgIpc) is 3.28. The number of nitrogens with zero attached hydrogens (tertiary/aromatic N) is 2. The number of aryl methyl sites for hydroxylation is 6. The van der Waals surface area contributed by atoms with E-state index in [9.17, 15) is 0 Å². The number of rotatable bonds is 23. The Bertz CT molecular complexity index is 2000. The Hall–Kier alpha value is -5.08. The van der Waals surface area contributed by atoms with Crippen LogP contribution in [0.4, 0.5) is 34.1 Å². The molecule has 0 saturated heterocycles. The van der Waals surface area contributed by atoms with Crippen molar-refractivity contribution in [1.29, 1.82) is 0 Å². The zero-order chi connectivity index (χ0) is 42.1. The van der Waals surface area contributed by atoms with Crippen LogP contribution in [0.15, 0.2) is 133 Å². The Morgan fingerprint density at radius 3 is 0.850 bits per heavy atom. The summed E-state index contributed by atoms with van der Waals surface area (Å²) < 4.78 is 0. The minimum Gasteiger partial charge on any atom is -0.310 e. The molecular weight excluding hydrogens is 725 g/mol. The summed E-state index contributed by atoms with van der Waals surface area (Å²) in [5.41, 5.74) is 17.9. The first-order chi connectivity index (χ1) is 29.4. The van der Waals surface area contributed by atoms with Gasteiger partial charge in [-0.1, -0.05) is 140 Å². The highest BCUT2D eigenvalue weighted by Crippen LogP contribution is 2.41. The summed E-state index contributed by atoms with van der Waals surface area (Å²) in [6.45, 7) is 13.6. The van der Waals surface area contributed by atoms with Crippen LogP contribution in [0.25, 0.3) is 11.1 Å². The Kier molecular flexibility index (Phi) is 17.1. The molecule has 60 heavy (non-hydrogen) atoms. The number of hydrogen-bond acceptors (Lipinski definition) is 2. The SMILES string of the molecule is CCCCCCc1ccc(N(c2ccc(CCCC)cc2)c2ccc(-c3ccc(N(c4ccc(CCCC)cc4)c4ccc(CCCCCC)cc4)c(C)c3)cc2C)cc1. The van der Waals surface area contributed by atoms with E-state index in [2.05, 4.69) is 185 Å². The van der Waals surface area contributed by atoms with Crippen molar-refractivity contribution in [2.45, 2.75) is 144 Å². The zero-order valence-electron chi connectivity index (χ0n) is 37.9. The molecule has 0 aliphatic rings. The predicted octanol–water partition coefficient (Wildman–Crippen LogP) is 17.8. The molecular formula is C58H72N2. The summed E-state index contributed by atoms with van der Waals surface area (Å²) in [7, 11) is 0. The third-order valence-electron chi connectivity index (χ3n) is 12.3. The Balaban J connectivity index is 1.30. The minimum absolute atomic E-state index is 1.13. The summed E-state index contributed by atoms with van der Waals surface area (Å²) in [6.07, 6.45) is 19.7. The minimum atomic E-state index is 1.13. The van der Waals surface area contributed by atoms with E-state index in [0.717, 1.165) is 25.7 Å². The van der Waals surface area contributed by atoms with E-state index in [1.807, 2.05) is 0 Å². The predicted molar refractivity (Wildman–Crippen MR) is 264 cm³/mol. The second-order valence-corrected chi connectivity index (χ2v) is 17.2. The molecule has 2 nitrogen and oxygen atoms in total. The van der Waals surface area contributed by atoms with Gasteiger partial charge in [-0.25, -0.2) is 0 Å². The van der Waals surface area contributed by atoms with Gasteiger partial charge in [0.15, 0.2) is 0 Å². The van der Waals surface area contributed by atoms with Crippen molar-refractivity contribution >= 4 is 34.1 Å². The standard InChI is InChI=1S/C58H72N2/c1-7-11-15-17-21-49-27-37-55(38-28-49)59(53-33-23-47(24-34-53)19-13-9-3)57-41-31-51(43-45(57)5)52-32-42-58(46(6)44-52)60(54-35-25-48(26-36-54)20-14-10-4)56-39-29-50(30-40-56)22-18-16-12-8-2/h23-44H,7-22H2,1-6H3. The molecule has 2 heteroatoms. The molecule has 6 rings (SSSR count). The molecule has 0 aliphatic heterocycles. The van der Waals surface area contributed by atoms with Gasteiger partial charge in [0.2, 0.25) is 0 Å². The first-order valence-electron chi connectivity index (χ1n) is 23.6. The monoisotopic (exact) mass is 797 g/mol. The summed E-state index contributed by atoms with van der Waals surface area (Å²) >= 11 is 0. The van der Waals surface area contributed by atoms with Crippen LogP contribution in [0.3, 0.4) is 0 Å². The molecule has 314 valence electrons. The molecule has 0 heterocycles. The van der Waals surface area contributed by atoms with E-state index in [4.69, 9.17) is 0 Å². The van der Waals surface area contributed by atoms with Gasteiger partial charge in [-0.2, -0.15) is 0 Å². The highest BCUT2D eigenvalue weighted by molar-refractivity contribution is 5.83. The molecule has 0 fully saturated rings. The van der Waals surface area contributed by atoms with Crippen LogP contribution < -0.4 is 9.80 Å². The lowest BCUT2D eigenvalue weighted by Crippen LogP contribution is -2.12. The van der Waals surface area contributed by atoms with Gasteiger partial charge < -0.3 is 9.80 Å². The van der Waals surface area contributed by atoms with Crippen LogP contribution in [-0.4, -0.2) is 0 Å². The second-order valence-electron chi connectivity index (χ2n) is 17.2. The molecule has 0 unspecified atom stereocenters. The first-order valence-corrected chi connectivity index (χ1v) is 23.6. The Labute approximate surface area is 364 Å². The van der Waals surface area contributed by atoms with E-state index in [-0.39, 0.29) is 0 Å². The third-order valence-corrected chi connectivity index (χ3v) is 12.3. The molecule has 0 N–H and O–H groups in total. The highest BCUT2D eigenvalue weighted by Gasteiger charge is 2.18. The Morgan fingerprint density at radius 2 is 0.583 bits per heavy atom. The fraction of sp³-hybridized carbons (Fsp3) is 0.379. The molecule has 6 aromatic carbocycles. The van der Waals surface area contributed by atoms with Gasteiger partial charge in [0.1, 0.15) is 0 Å². The van der Waals surface area contributed by atoms with Crippen molar-refractivity contribution in [3.63, 3.8) is 0 Å². The van der Waals surface area contributed by atoms with E-state index >= 15 is 0 Å². The zero-order valence-corrected chi connectivity index (χ0v) is 37.9. The van der Waals surface area contributed by atoms with Crippen LogP contribution in [0.2, 0.25) is 0 Å². The molecule has 0 saturated carbocycles. The van der Waals surface area contributed by atoms with Crippen molar-refractivity contribution in [3.05, 3.63) is 167 Å². The van der Waals surface area contributed by atoms with Gasteiger partial charge in [0.25, 0.3) is 0 Å². The lowest BCUT2D eigenvalue weighted by molar-refractivity contribution is 0.667. The normalized spacial score (nSPS) is 11.2. The van der Waals surface area contributed by atoms with Gasteiger partial charge in [-0.15, -0.1) is 0 Å². The maximum Gasteiger partial charge on any atom is 0.0491 e. The topological polar surface area (TPSA) is 6.48 Å². The van der Waals surface area contributed by atoms with E-state index in [1.54, 1.807) is 0 Å². The molecule has 0 atom stereocenters. The van der Waals surface area contributed by atoms with Gasteiger partial charge in [0, 0.05) is 34.1 Å². The number of hydrogen-bond donors (Lipinski definition) is 0. The Morgan fingerprint density at radius 1 is 0.300 bits per heavy atom. The molecule has 0 spiro atoms. The molecule has 0 aromatic heterocycles. The van der Waals surface area contributed by atoms with Gasteiger partial charge in [0.05, 0.1) is 0 Å². The van der Waals surface area contributed by atoms with Gasteiger partial charge in [-0.3, -0.25) is 0 Å². The quantitative estimate of drug-likeness (QED) is 0.0596.